The van der Waals surface area contributed by atoms with Crippen LogP contribution in [0.15, 0.2) is 6.07 Å². The summed E-state index contributed by atoms with van der Waals surface area (Å²) < 4.78 is 0. The highest BCUT2D eigenvalue weighted by Gasteiger charge is 2.25. The summed E-state index contributed by atoms with van der Waals surface area (Å²) in [6.45, 7) is 1.71. The number of hydrogen-bond acceptors (Lipinski definition) is 3. The second kappa shape index (κ2) is 5.96. The lowest BCUT2D eigenvalue weighted by atomic mass is 9.93. The van der Waals surface area contributed by atoms with E-state index in [9.17, 15) is 14.7 Å². The van der Waals surface area contributed by atoms with Gasteiger partial charge < -0.3 is 25.8 Å². The number of carbonyl (C=O) groups excluding carboxylic acids is 1. The third kappa shape index (κ3) is 3.30. The summed E-state index contributed by atoms with van der Waals surface area (Å²) in [4.78, 5) is 25.6. The zero-order valence-corrected chi connectivity index (χ0v) is 11.3. The topological polar surface area (TPSA) is 114 Å². The van der Waals surface area contributed by atoms with Gasteiger partial charge in [-0.25, -0.2) is 9.59 Å². The van der Waals surface area contributed by atoms with Crippen LogP contribution in [-0.4, -0.2) is 39.3 Å². The number of rotatable bonds is 3. The van der Waals surface area contributed by atoms with Crippen molar-refractivity contribution < 1.29 is 19.8 Å². The molecule has 0 aromatic carbocycles. The molecule has 0 saturated heterocycles. The summed E-state index contributed by atoms with van der Waals surface area (Å²) in [6.07, 6.45) is 2.79. The molecule has 2 rings (SSSR count). The molecule has 0 radical (unpaired) electrons. The molecule has 1 aromatic heterocycles. The lowest BCUT2D eigenvalue weighted by Crippen LogP contribution is -2.46. The minimum atomic E-state index is -1.13. The molecular weight excluding hydrogens is 262 g/mol. The van der Waals surface area contributed by atoms with Crippen LogP contribution in [0.5, 0.6) is 0 Å². The van der Waals surface area contributed by atoms with Crippen molar-refractivity contribution in [2.45, 2.75) is 44.8 Å². The zero-order chi connectivity index (χ0) is 14.7. The predicted molar refractivity (Wildman–Crippen MR) is 72.9 cm³/mol. The summed E-state index contributed by atoms with van der Waals surface area (Å²) in [5.41, 5.74) is 0.815. The van der Waals surface area contributed by atoms with Crippen molar-refractivity contribution in [1.82, 2.24) is 10.3 Å². The number of aromatic nitrogens is 1. The number of H-pyrrole nitrogens is 1. The lowest BCUT2D eigenvalue weighted by molar-refractivity contribution is 0.0692. The van der Waals surface area contributed by atoms with Gasteiger partial charge in [0.1, 0.15) is 5.69 Å². The Labute approximate surface area is 116 Å². The molecule has 2 atom stereocenters. The fourth-order valence-corrected chi connectivity index (χ4v) is 2.46. The molecule has 2 amide bonds. The average molecular weight is 281 g/mol. The second-order valence-electron chi connectivity index (χ2n) is 5.10. The number of aromatic carboxylic acids is 1. The van der Waals surface area contributed by atoms with Gasteiger partial charge in [0.15, 0.2) is 0 Å². The molecule has 1 saturated carbocycles. The normalized spacial score (nSPS) is 22.3. The van der Waals surface area contributed by atoms with Crippen LogP contribution < -0.4 is 10.6 Å². The van der Waals surface area contributed by atoms with Crippen LogP contribution in [-0.2, 0) is 0 Å². The first-order chi connectivity index (χ1) is 9.47. The SMILES string of the molecule is Cc1cc(NC(=O)NC2CCCCC2O)c(C(=O)O)[nH]1. The Kier molecular flexibility index (Phi) is 4.29. The molecule has 110 valence electrons. The minimum Gasteiger partial charge on any atom is -0.477 e. The van der Waals surface area contributed by atoms with Gasteiger partial charge in [0, 0.05) is 5.69 Å². The molecule has 20 heavy (non-hydrogen) atoms. The number of amides is 2. The number of carbonyl (C=O) groups is 2. The Morgan fingerprint density at radius 2 is 2.05 bits per heavy atom. The van der Waals surface area contributed by atoms with Crippen LogP contribution in [0.25, 0.3) is 0 Å². The molecule has 2 unspecified atom stereocenters. The van der Waals surface area contributed by atoms with Gasteiger partial charge in [0.05, 0.1) is 17.8 Å². The maximum atomic E-state index is 11.9. The molecule has 0 bridgehead atoms. The Morgan fingerprint density at radius 3 is 2.70 bits per heavy atom. The largest absolute Gasteiger partial charge is 0.477 e. The second-order valence-corrected chi connectivity index (χ2v) is 5.10. The number of aromatic amines is 1. The molecule has 0 spiro atoms. The van der Waals surface area contributed by atoms with Crippen molar-refractivity contribution in [1.29, 1.82) is 0 Å². The average Bonchev–Trinajstić information content (AvgIpc) is 2.73. The van der Waals surface area contributed by atoms with Gasteiger partial charge in [-0.05, 0) is 25.8 Å². The van der Waals surface area contributed by atoms with Crippen molar-refractivity contribution in [3.8, 4) is 0 Å². The van der Waals surface area contributed by atoms with Crippen molar-refractivity contribution in [2.24, 2.45) is 0 Å². The first-order valence-corrected chi connectivity index (χ1v) is 6.66. The van der Waals surface area contributed by atoms with Crippen LogP contribution in [0.3, 0.4) is 0 Å². The van der Waals surface area contributed by atoms with Gasteiger partial charge in [0.2, 0.25) is 0 Å². The number of anilines is 1. The van der Waals surface area contributed by atoms with E-state index in [1.807, 2.05) is 0 Å². The van der Waals surface area contributed by atoms with E-state index in [-0.39, 0.29) is 17.4 Å². The van der Waals surface area contributed by atoms with Gasteiger partial charge in [-0.2, -0.15) is 0 Å². The Hall–Kier alpha value is -2.02. The molecule has 7 nitrogen and oxygen atoms in total. The summed E-state index contributed by atoms with van der Waals surface area (Å²) in [5.74, 6) is -1.13. The van der Waals surface area contributed by atoms with E-state index in [1.165, 1.54) is 0 Å². The molecule has 1 fully saturated rings. The van der Waals surface area contributed by atoms with Gasteiger partial charge in [0.25, 0.3) is 0 Å². The first-order valence-electron chi connectivity index (χ1n) is 6.66. The molecule has 7 heteroatoms. The van der Waals surface area contributed by atoms with E-state index < -0.39 is 18.1 Å². The van der Waals surface area contributed by atoms with Crippen LogP contribution in [0.2, 0.25) is 0 Å². The maximum Gasteiger partial charge on any atom is 0.354 e. The summed E-state index contributed by atoms with van der Waals surface area (Å²) in [7, 11) is 0. The quantitative estimate of drug-likeness (QED) is 0.576. The fourth-order valence-electron chi connectivity index (χ4n) is 2.46. The van der Waals surface area contributed by atoms with E-state index in [4.69, 9.17) is 5.11 Å². The third-order valence-electron chi connectivity index (χ3n) is 3.46. The number of hydrogen-bond donors (Lipinski definition) is 5. The molecular formula is C13H19N3O4. The standard InChI is InChI=1S/C13H19N3O4/c1-7-6-9(11(14-7)12(18)19)16-13(20)15-8-4-2-3-5-10(8)17/h6,8,10,14,17H,2-5H2,1H3,(H,18,19)(H2,15,16,20). The van der Waals surface area contributed by atoms with Crippen molar-refractivity contribution >= 4 is 17.7 Å². The number of carboxylic acids is 1. The van der Waals surface area contributed by atoms with Gasteiger partial charge in [-0.1, -0.05) is 12.8 Å². The van der Waals surface area contributed by atoms with Crippen LogP contribution in [0.4, 0.5) is 10.5 Å². The van der Waals surface area contributed by atoms with Crippen molar-refractivity contribution in [3.05, 3.63) is 17.5 Å². The number of aliphatic hydroxyl groups excluding tert-OH is 1. The Bertz CT molecular complexity index is 512. The van der Waals surface area contributed by atoms with Crippen molar-refractivity contribution in [2.75, 3.05) is 5.32 Å². The van der Waals surface area contributed by atoms with E-state index in [1.54, 1.807) is 13.0 Å². The van der Waals surface area contributed by atoms with E-state index in [0.717, 1.165) is 19.3 Å². The van der Waals surface area contributed by atoms with Crippen LogP contribution >= 0.6 is 0 Å². The lowest BCUT2D eigenvalue weighted by Gasteiger charge is -2.28. The van der Waals surface area contributed by atoms with Gasteiger partial charge >= 0.3 is 12.0 Å². The smallest absolute Gasteiger partial charge is 0.354 e. The van der Waals surface area contributed by atoms with Crippen molar-refractivity contribution in [3.63, 3.8) is 0 Å². The zero-order valence-electron chi connectivity index (χ0n) is 11.3. The highest BCUT2D eigenvalue weighted by molar-refractivity contribution is 5.99. The highest BCUT2D eigenvalue weighted by Crippen LogP contribution is 2.19. The summed E-state index contributed by atoms with van der Waals surface area (Å²) >= 11 is 0. The highest BCUT2D eigenvalue weighted by atomic mass is 16.4. The predicted octanol–water partition coefficient (Wildman–Crippen LogP) is 1.45. The minimum absolute atomic E-state index is 0.0538. The number of urea groups is 1. The summed E-state index contributed by atoms with van der Waals surface area (Å²) in [5, 5.41) is 24.0. The Morgan fingerprint density at radius 1 is 1.35 bits per heavy atom. The van der Waals surface area contributed by atoms with E-state index >= 15 is 0 Å². The fraction of sp³-hybridized carbons (Fsp3) is 0.538. The van der Waals surface area contributed by atoms with E-state index in [2.05, 4.69) is 15.6 Å². The third-order valence-corrected chi connectivity index (χ3v) is 3.46. The molecule has 1 heterocycles. The maximum absolute atomic E-state index is 11.9. The number of carboxylic acid groups (broad SMARTS) is 1. The monoisotopic (exact) mass is 281 g/mol. The first kappa shape index (κ1) is 14.4. The molecule has 1 aliphatic carbocycles. The molecule has 5 N–H and O–H groups in total. The number of aliphatic hydroxyl groups is 1. The molecule has 0 aliphatic heterocycles. The van der Waals surface area contributed by atoms with Crippen LogP contribution in [0.1, 0.15) is 41.9 Å². The van der Waals surface area contributed by atoms with Gasteiger partial charge in [-0.3, -0.25) is 0 Å². The molecule has 1 aromatic rings. The summed E-state index contributed by atoms with van der Waals surface area (Å²) in [6, 6.07) is 0.773. The Balaban J connectivity index is 1.99. The number of aryl methyl sites for hydroxylation is 1. The van der Waals surface area contributed by atoms with Gasteiger partial charge in [-0.15, -0.1) is 0 Å². The van der Waals surface area contributed by atoms with Crippen LogP contribution in [0, 0.1) is 6.92 Å². The number of nitrogens with one attached hydrogen (secondary N) is 3. The van der Waals surface area contributed by atoms with E-state index in [0.29, 0.717) is 12.1 Å². The molecule has 1 aliphatic rings.